The number of anilines is 1. The maximum Gasteiger partial charge on any atom is 0.254 e. The van der Waals surface area contributed by atoms with Gasteiger partial charge in [-0.3, -0.25) is 9.59 Å². The molecular weight excluding hydrogens is 454 g/mol. The summed E-state index contributed by atoms with van der Waals surface area (Å²) in [5.74, 6) is -2.97. The van der Waals surface area contributed by atoms with Crippen LogP contribution < -0.4 is 10.6 Å². The fraction of sp³-hybridized carbons (Fsp3) is 0.185. The highest BCUT2D eigenvalue weighted by Gasteiger charge is 2.41. The van der Waals surface area contributed by atoms with Crippen molar-refractivity contribution in [1.29, 1.82) is 0 Å². The molecule has 2 unspecified atom stereocenters. The van der Waals surface area contributed by atoms with Gasteiger partial charge < -0.3 is 10.6 Å². The third-order valence-electron chi connectivity index (χ3n) is 6.42. The Balaban J connectivity index is 1.54. The number of para-hydroxylation sites is 1. The first kappa shape index (κ1) is 22.2. The maximum atomic E-state index is 14.2. The Bertz CT molecular complexity index is 1310. The number of halogens is 2. The predicted molar refractivity (Wildman–Crippen MR) is 128 cm³/mol. The van der Waals surface area contributed by atoms with Crippen LogP contribution in [0.15, 0.2) is 87.9 Å². The van der Waals surface area contributed by atoms with Crippen molar-refractivity contribution in [2.24, 2.45) is 0 Å². The second kappa shape index (κ2) is 8.99. The minimum absolute atomic E-state index is 0.0336. The van der Waals surface area contributed by atoms with E-state index >= 15 is 0 Å². The smallest absolute Gasteiger partial charge is 0.254 e. The van der Waals surface area contributed by atoms with Crippen LogP contribution in [0.3, 0.4) is 0 Å². The molecule has 0 saturated carbocycles. The van der Waals surface area contributed by atoms with Crippen molar-refractivity contribution in [3.8, 4) is 0 Å². The van der Waals surface area contributed by atoms with Gasteiger partial charge in [0.2, 0.25) is 0 Å². The molecule has 3 aromatic rings. The molecule has 172 valence electrons. The van der Waals surface area contributed by atoms with Gasteiger partial charge in [0.15, 0.2) is 5.78 Å². The van der Waals surface area contributed by atoms with E-state index in [-0.39, 0.29) is 17.3 Å². The van der Waals surface area contributed by atoms with Crippen LogP contribution in [0.2, 0.25) is 0 Å². The van der Waals surface area contributed by atoms with Crippen LogP contribution in [0.4, 0.5) is 14.5 Å². The summed E-state index contributed by atoms with van der Waals surface area (Å²) in [6, 6.07) is 15.2. The summed E-state index contributed by atoms with van der Waals surface area (Å²) < 4.78 is 28.5. The highest BCUT2D eigenvalue weighted by Crippen LogP contribution is 2.46. The highest BCUT2D eigenvalue weighted by molar-refractivity contribution is 7.08. The summed E-state index contributed by atoms with van der Waals surface area (Å²) in [7, 11) is 0. The first-order valence-electron chi connectivity index (χ1n) is 11.0. The molecule has 0 spiro atoms. The molecule has 2 heterocycles. The van der Waals surface area contributed by atoms with E-state index in [1.807, 2.05) is 47.2 Å². The number of allylic oxidation sites excluding steroid dienone is 3. The van der Waals surface area contributed by atoms with Crippen LogP contribution in [0, 0.1) is 11.6 Å². The number of ketones is 1. The number of dihydropyridines is 1. The molecule has 1 amide bonds. The van der Waals surface area contributed by atoms with Crippen LogP contribution in [-0.4, -0.2) is 11.7 Å². The summed E-state index contributed by atoms with van der Waals surface area (Å²) in [6.45, 7) is 1.76. The second-order valence-electron chi connectivity index (χ2n) is 8.54. The van der Waals surface area contributed by atoms with Crippen molar-refractivity contribution in [2.45, 2.75) is 31.6 Å². The Labute approximate surface area is 200 Å². The predicted octanol–water partition coefficient (Wildman–Crippen LogP) is 6.03. The van der Waals surface area contributed by atoms with Gasteiger partial charge in [-0.15, -0.1) is 0 Å². The Morgan fingerprint density at radius 2 is 1.74 bits per heavy atom. The van der Waals surface area contributed by atoms with Gasteiger partial charge in [-0.1, -0.05) is 36.4 Å². The van der Waals surface area contributed by atoms with Crippen molar-refractivity contribution < 1.29 is 18.4 Å². The van der Waals surface area contributed by atoms with E-state index in [9.17, 15) is 18.4 Å². The molecule has 0 saturated heterocycles. The van der Waals surface area contributed by atoms with Crippen LogP contribution in [0.25, 0.3) is 0 Å². The molecule has 1 aliphatic heterocycles. The van der Waals surface area contributed by atoms with Crippen molar-refractivity contribution in [3.63, 3.8) is 0 Å². The molecule has 1 aliphatic carbocycles. The third-order valence-corrected chi connectivity index (χ3v) is 7.12. The molecule has 5 rings (SSSR count). The number of hydrogen-bond donors (Lipinski definition) is 2. The minimum atomic E-state index is -0.859. The van der Waals surface area contributed by atoms with Gasteiger partial charge in [-0.25, -0.2) is 8.78 Å². The van der Waals surface area contributed by atoms with Gasteiger partial charge in [0, 0.05) is 34.9 Å². The molecule has 2 atom stereocenters. The van der Waals surface area contributed by atoms with E-state index in [0.717, 1.165) is 29.0 Å². The van der Waals surface area contributed by atoms with E-state index in [0.29, 0.717) is 24.1 Å². The van der Waals surface area contributed by atoms with E-state index in [2.05, 4.69) is 10.6 Å². The average molecular weight is 477 g/mol. The van der Waals surface area contributed by atoms with E-state index < -0.39 is 29.1 Å². The van der Waals surface area contributed by atoms with Crippen LogP contribution in [-0.2, 0) is 9.59 Å². The maximum absolute atomic E-state index is 14.2. The summed E-state index contributed by atoms with van der Waals surface area (Å²) in [5, 5.41) is 9.47. The lowest BCUT2D eigenvalue weighted by molar-refractivity contribution is -0.116. The van der Waals surface area contributed by atoms with Crippen molar-refractivity contribution in [2.75, 3.05) is 5.32 Å². The monoisotopic (exact) mass is 476 g/mol. The molecule has 2 aliphatic rings. The van der Waals surface area contributed by atoms with Crippen molar-refractivity contribution in [1.82, 2.24) is 5.32 Å². The van der Waals surface area contributed by atoms with Crippen LogP contribution >= 0.6 is 11.3 Å². The second-order valence-corrected chi connectivity index (χ2v) is 9.32. The van der Waals surface area contributed by atoms with Gasteiger partial charge >= 0.3 is 0 Å². The normalized spacial score (nSPS) is 20.1. The standard InChI is InChI=1S/C27H22F2N2O2S/c1-15-23(27(33)31-26-19(28)8-5-9-20(26)29)24(17-10-11-34-14-17)25-21(30-15)12-18(13-22(25)32)16-6-3-2-4-7-16/h2-11,14,18,24,30H,12-13H2,1H3,(H,31,33). The Morgan fingerprint density at radius 3 is 2.41 bits per heavy atom. The fourth-order valence-electron chi connectivity index (χ4n) is 4.87. The van der Waals surface area contributed by atoms with Gasteiger partial charge in [-0.2, -0.15) is 11.3 Å². The number of benzene rings is 2. The first-order valence-corrected chi connectivity index (χ1v) is 11.9. The van der Waals surface area contributed by atoms with E-state index in [4.69, 9.17) is 0 Å². The lowest BCUT2D eigenvalue weighted by Crippen LogP contribution is -2.37. The van der Waals surface area contributed by atoms with Gasteiger partial charge in [0.05, 0.1) is 0 Å². The molecule has 7 heteroatoms. The molecule has 1 aromatic heterocycles. The SMILES string of the molecule is CC1=C(C(=O)Nc2c(F)cccc2F)C(c2ccsc2)C2=C(CC(c3ccccc3)CC2=O)N1. The van der Waals surface area contributed by atoms with Crippen LogP contribution in [0.5, 0.6) is 0 Å². The van der Waals surface area contributed by atoms with Crippen molar-refractivity contribution in [3.05, 3.63) is 111 Å². The Kier molecular flexibility index (Phi) is 5.87. The Morgan fingerprint density at radius 1 is 1.00 bits per heavy atom. The topological polar surface area (TPSA) is 58.2 Å². The minimum Gasteiger partial charge on any atom is -0.362 e. The van der Waals surface area contributed by atoms with E-state index in [1.165, 1.54) is 17.4 Å². The number of amides is 1. The van der Waals surface area contributed by atoms with Gasteiger partial charge in [0.25, 0.3) is 5.91 Å². The number of carbonyl (C=O) groups excluding carboxylic acids is 2. The fourth-order valence-corrected chi connectivity index (χ4v) is 5.56. The number of hydrogen-bond acceptors (Lipinski definition) is 4. The molecule has 0 bridgehead atoms. The van der Waals surface area contributed by atoms with Crippen molar-refractivity contribution >= 4 is 28.7 Å². The zero-order chi connectivity index (χ0) is 23.8. The van der Waals surface area contributed by atoms with Crippen LogP contribution in [0.1, 0.15) is 42.7 Å². The number of thiophene rings is 1. The molecule has 34 heavy (non-hydrogen) atoms. The molecule has 2 N–H and O–H groups in total. The Hall–Kier alpha value is -3.58. The molecule has 4 nitrogen and oxygen atoms in total. The summed E-state index contributed by atoms with van der Waals surface area (Å²) >= 11 is 1.47. The quantitative estimate of drug-likeness (QED) is 0.484. The largest absolute Gasteiger partial charge is 0.362 e. The molecule has 2 aromatic carbocycles. The van der Waals surface area contributed by atoms with Gasteiger partial charge in [0.1, 0.15) is 17.3 Å². The highest BCUT2D eigenvalue weighted by atomic mass is 32.1. The average Bonchev–Trinajstić information content (AvgIpc) is 3.35. The zero-order valence-corrected chi connectivity index (χ0v) is 19.2. The first-order chi connectivity index (χ1) is 16.4. The number of carbonyl (C=O) groups is 2. The summed E-state index contributed by atoms with van der Waals surface area (Å²) in [4.78, 5) is 26.9. The molecule has 0 fully saturated rings. The van der Waals surface area contributed by atoms with Gasteiger partial charge in [-0.05, 0) is 59.3 Å². The zero-order valence-electron chi connectivity index (χ0n) is 18.4. The van der Waals surface area contributed by atoms with E-state index in [1.54, 1.807) is 6.92 Å². The summed E-state index contributed by atoms with van der Waals surface area (Å²) in [6.07, 6.45) is 0.973. The number of rotatable bonds is 4. The lowest BCUT2D eigenvalue weighted by atomic mass is 9.72. The number of nitrogens with one attached hydrogen (secondary N) is 2. The molecular formula is C27H22F2N2O2S. The number of Topliss-reactive ketones (excluding diaryl/α,β-unsaturated/α-hetero) is 1. The summed E-state index contributed by atoms with van der Waals surface area (Å²) in [5.41, 5.74) is 3.59. The third kappa shape index (κ3) is 3.96. The molecule has 0 radical (unpaired) electrons. The lowest BCUT2D eigenvalue weighted by Gasteiger charge is -2.36.